The molecule has 1 saturated heterocycles. The number of nitrogens with one attached hydrogen (secondary N) is 1. The average Bonchev–Trinajstić information content (AvgIpc) is 3.05. The van der Waals surface area contributed by atoms with E-state index < -0.39 is 0 Å². The van der Waals surface area contributed by atoms with Crippen LogP contribution in [0, 0.1) is 20.8 Å². The minimum absolute atomic E-state index is 0.0251. The molecular weight excluding hydrogens is 310 g/mol. The second-order valence-corrected chi connectivity index (χ2v) is 6.22. The smallest absolute Gasteiger partial charge is 0.240 e. The molecule has 24 heavy (non-hydrogen) atoms. The van der Waals surface area contributed by atoms with E-state index in [-0.39, 0.29) is 12.0 Å². The predicted molar refractivity (Wildman–Crippen MR) is 87.8 cm³/mol. The third kappa shape index (κ3) is 4.21. The Morgan fingerprint density at radius 2 is 2.17 bits per heavy atom. The van der Waals surface area contributed by atoms with E-state index >= 15 is 0 Å². The van der Waals surface area contributed by atoms with Gasteiger partial charge in [-0.2, -0.15) is 5.10 Å². The number of hydrogen-bond acceptors (Lipinski definition) is 6. The van der Waals surface area contributed by atoms with Crippen molar-refractivity contribution in [3.8, 4) is 0 Å². The number of carbonyl (C=O) groups excluding carboxylic acids is 1. The second-order valence-electron chi connectivity index (χ2n) is 6.22. The zero-order valence-electron chi connectivity index (χ0n) is 14.3. The monoisotopic (exact) mass is 333 g/mol. The van der Waals surface area contributed by atoms with E-state index in [9.17, 15) is 4.79 Å². The van der Waals surface area contributed by atoms with Crippen LogP contribution in [0.2, 0.25) is 0 Å². The van der Waals surface area contributed by atoms with Crippen LogP contribution in [0.15, 0.2) is 16.7 Å². The number of aromatic nitrogens is 3. The molecule has 3 rings (SSSR count). The molecule has 0 radical (unpaired) electrons. The molecule has 1 aliphatic heterocycles. The Labute approximate surface area is 140 Å². The van der Waals surface area contributed by atoms with E-state index in [4.69, 9.17) is 9.26 Å². The third-order valence-corrected chi connectivity index (χ3v) is 3.96. The zero-order chi connectivity index (χ0) is 17.1. The quantitative estimate of drug-likeness (QED) is 0.883. The number of hydrogen-bond donors (Lipinski definition) is 1. The fourth-order valence-electron chi connectivity index (χ4n) is 2.89. The van der Waals surface area contributed by atoms with Gasteiger partial charge in [0.05, 0.1) is 37.2 Å². The zero-order valence-corrected chi connectivity index (χ0v) is 14.3. The van der Waals surface area contributed by atoms with Crippen LogP contribution in [-0.4, -0.2) is 58.1 Å². The Hall–Kier alpha value is -2.19. The van der Waals surface area contributed by atoms with Gasteiger partial charge in [0.2, 0.25) is 11.8 Å². The van der Waals surface area contributed by atoms with Crippen molar-refractivity contribution in [2.75, 3.05) is 31.6 Å². The molecule has 130 valence electrons. The van der Waals surface area contributed by atoms with E-state index in [0.29, 0.717) is 32.1 Å². The van der Waals surface area contributed by atoms with Gasteiger partial charge in [0, 0.05) is 24.8 Å². The maximum atomic E-state index is 12.1. The number of carbonyl (C=O) groups is 1. The van der Waals surface area contributed by atoms with Gasteiger partial charge >= 0.3 is 0 Å². The number of ether oxygens (including phenoxy) is 1. The highest BCUT2D eigenvalue weighted by molar-refractivity contribution is 5.90. The van der Waals surface area contributed by atoms with Gasteiger partial charge in [-0.05, 0) is 26.8 Å². The third-order valence-electron chi connectivity index (χ3n) is 3.96. The van der Waals surface area contributed by atoms with Crippen molar-refractivity contribution in [3.05, 3.63) is 29.2 Å². The van der Waals surface area contributed by atoms with Crippen molar-refractivity contribution in [3.63, 3.8) is 0 Å². The number of amides is 1. The maximum Gasteiger partial charge on any atom is 0.240 e. The highest BCUT2D eigenvalue weighted by Gasteiger charge is 2.23. The first kappa shape index (κ1) is 16.7. The summed E-state index contributed by atoms with van der Waals surface area (Å²) in [5, 5.41) is 10.9. The van der Waals surface area contributed by atoms with E-state index in [1.54, 1.807) is 6.07 Å². The fraction of sp³-hybridized carbons (Fsp3) is 0.562. The number of rotatable bonds is 5. The van der Waals surface area contributed by atoms with Gasteiger partial charge in [0.1, 0.15) is 0 Å². The lowest BCUT2D eigenvalue weighted by Crippen LogP contribution is -2.47. The fourth-order valence-corrected chi connectivity index (χ4v) is 2.89. The molecular formula is C16H23N5O3. The summed E-state index contributed by atoms with van der Waals surface area (Å²) in [5.41, 5.74) is 2.86. The van der Waals surface area contributed by atoms with Crippen LogP contribution in [0.5, 0.6) is 0 Å². The SMILES string of the molecule is Cc1cc(NC(=O)CN2CCOC(Cn3nc(C)cc3C)C2)on1. The average molecular weight is 333 g/mol. The predicted octanol–water partition coefficient (Wildman–Crippen LogP) is 1.14. The minimum Gasteiger partial charge on any atom is -0.374 e. The Morgan fingerprint density at radius 1 is 1.33 bits per heavy atom. The molecule has 2 aromatic heterocycles. The lowest BCUT2D eigenvalue weighted by molar-refractivity contribution is -0.119. The molecule has 1 aliphatic rings. The molecule has 8 nitrogen and oxygen atoms in total. The Morgan fingerprint density at radius 3 is 2.83 bits per heavy atom. The number of morpholine rings is 1. The van der Waals surface area contributed by atoms with Gasteiger partial charge in [-0.3, -0.25) is 19.7 Å². The standard InChI is InChI=1S/C16H23N5O3/c1-11-6-13(3)21(18-11)9-14-8-20(4-5-23-14)10-15(22)17-16-7-12(2)19-24-16/h6-7,14H,4-5,8-10H2,1-3H3,(H,17,22). The summed E-state index contributed by atoms with van der Waals surface area (Å²) in [6.07, 6.45) is 0.0251. The van der Waals surface area contributed by atoms with Gasteiger partial charge in [-0.25, -0.2) is 0 Å². The van der Waals surface area contributed by atoms with Crippen LogP contribution >= 0.6 is 0 Å². The first-order valence-corrected chi connectivity index (χ1v) is 8.08. The summed E-state index contributed by atoms with van der Waals surface area (Å²) >= 11 is 0. The molecule has 1 unspecified atom stereocenters. The van der Waals surface area contributed by atoms with Crippen LogP contribution in [0.4, 0.5) is 5.88 Å². The van der Waals surface area contributed by atoms with Gasteiger partial charge < -0.3 is 9.26 Å². The largest absolute Gasteiger partial charge is 0.374 e. The summed E-state index contributed by atoms with van der Waals surface area (Å²) in [4.78, 5) is 14.2. The van der Waals surface area contributed by atoms with Gasteiger partial charge in [-0.1, -0.05) is 5.16 Å². The van der Waals surface area contributed by atoms with Crippen LogP contribution in [0.1, 0.15) is 17.1 Å². The Bertz CT molecular complexity index is 708. The summed E-state index contributed by atoms with van der Waals surface area (Å²) in [6.45, 7) is 8.86. The summed E-state index contributed by atoms with van der Waals surface area (Å²) < 4.78 is 12.8. The molecule has 1 N–H and O–H groups in total. The van der Waals surface area contributed by atoms with Crippen molar-refractivity contribution >= 4 is 11.8 Å². The van der Waals surface area contributed by atoms with Crippen LogP contribution in [0.3, 0.4) is 0 Å². The van der Waals surface area contributed by atoms with Gasteiger partial charge in [0.15, 0.2) is 0 Å². The molecule has 0 bridgehead atoms. The van der Waals surface area contributed by atoms with Crippen molar-refractivity contribution in [1.29, 1.82) is 0 Å². The van der Waals surface area contributed by atoms with Crippen LogP contribution < -0.4 is 5.32 Å². The van der Waals surface area contributed by atoms with Crippen LogP contribution in [-0.2, 0) is 16.1 Å². The molecule has 0 spiro atoms. The summed E-state index contributed by atoms with van der Waals surface area (Å²) in [5.74, 6) is 0.267. The lowest BCUT2D eigenvalue weighted by Gasteiger charge is -2.32. The van der Waals surface area contributed by atoms with E-state index in [1.807, 2.05) is 31.5 Å². The molecule has 3 heterocycles. The molecule has 0 aromatic carbocycles. The van der Waals surface area contributed by atoms with Crippen molar-refractivity contribution in [1.82, 2.24) is 19.8 Å². The Kier molecular flexibility index (Phi) is 4.96. The van der Waals surface area contributed by atoms with Crippen LogP contribution in [0.25, 0.3) is 0 Å². The molecule has 8 heteroatoms. The normalized spacial score (nSPS) is 18.7. The minimum atomic E-state index is -0.113. The molecule has 1 atom stereocenters. The summed E-state index contributed by atoms with van der Waals surface area (Å²) in [7, 11) is 0. The van der Waals surface area contributed by atoms with Crippen molar-refractivity contribution in [2.24, 2.45) is 0 Å². The molecule has 1 amide bonds. The van der Waals surface area contributed by atoms with Gasteiger partial charge in [0.25, 0.3) is 0 Å². The molecule has 2 aromatic rings. The Balaban J connectivity index is 1.51. The maximum absolute atomic E-state index is 12.1. The highest BCUT2D eigenvalue weighted by Crippen LogP contribution is 2.11. The van der Waals surface area contributed by atoms with Crippen molar-refractivity contribution < 1.29 is 14.1 Å². The topological polar surface area (TPSA) is 85.4 Å². The van der Waals surface area contributed by atoms with Crippen molar-refractivity contribution in [2.45, 2.75) is 33.4 Å². The molecule has 1 fully saturated rings. The van der Waals surface area contributed by atoms with Gasteiger partial charge in [-0.15, -0.1) is 0 Å². The van der Waals surface area contributed by atoms with E-state index in [2.05, 4.69) is 20.5 Å². The molecule has 0 aliphatic carbocycles. The second kappa shape index (κ2) is 7.14. The van der Waals surface area contributed by atoms with E-state index in [1.165, 1.54) is 0 Å². The number of anilines is 1. The lowest BCUT2D eigenvalue weighted by atomic mass is 10.2. The summed E-state index contributed by atoms with van der Waals surface area (Å²) in [6, 6.07) is 3.75. The first-order chi connectivity index (χ1) is 11.5. The molecule has 0 saturated carbocycles. The highest BCUT2D eigenvalue weighted by atomic mass is 16.5. The van der Waals surface area contributed by atoms with E-state index in [0.717, 1.165) is 23.6 Å². The number of nitrogens with zero attached hydrogens (tertiary/aromatic N) is 4. The number of aryl methyl sites for hydroxylation is 3. The first-order valence-electron chi connectivity index (χ1n) is 8.08.